The van der Waals surface area contributed by atoms with Crippen LogP contribution in [0.1, 0.15) is 30.4 Å². The molecule has 1 saturated heterocycles. The summed E-state index contributed by atoms with van der Waals surface area (Å²) in [5.41, 5.74) is 3.34. The van der Waals surface area contributed by atoms with Crippen molar-refractivity contribution in [3.63, 3.8) is 0 Å². The van der Waals surface area contributed by atoms with Crippen LogP contribution in [0.15, 0.2) is 48.5 Å². The summed E-state index contributed by atoms with van der Waals surface area (Å²) in [5.74, 6) is 0.644. The van der Waals surface area contributed by atoms with Crippen molar-refractivity contribution >= 4 is 17.5 Å². The molecule has 0 spiro atoms. The lowest BCUT2D eigenvalue weighted by atomic mass is 10.1. The summed E-state index contributed by atoms with van der Waals surface area (Å²) in [5, 5.41) is 3.03. The third-order valence-electron chi connectivity index (χ3n) is 6.12. The number of carbonyl (C=O) groups is 2. The number of para-hydroxylation sites is 2. The molecule has 2 aromatic rings. The molecule has 6 nitrogen and oxygen atoms in total. The Balaban J connectivity index is 1.38. The second-order valence-electron chi connectivity index (χ2n) is 8.37. The van der Waals surface area contributed by atoms with Crippen molar-refractivity contribution in [3.8, 4) is 5.75 Å². The van der Waals surface area contributed by atoms with E-state index in [1.807, 2.05) is 46.2 Å². The van der Waals surface area contributed by atoms with Gasteiger partial charge in [0.15, 0.2) is 6.10 Å². The predicted molar refractivity (Wildman–Crippen MR) is 121 cm³/mol. The summed E-state index contributed by atoms with van der Waals surface area (Å²) >= 11 is 0. The number of rotatable bonds is 6. The van der Waals surface area contributed by atoms with Crippen molar-refractivity contribution < 1.29 is 14.3 Å². The monoisotopic (exact) mass is 421 g/mol. The summed E-state index contributed by atoms with van der Waals surface area (Å²) < 4.78 is 6.05. The van der Waals surface area contributed by atoms with Gasteiger partial charge in [-0.15, -0.1) is 0 Å². The third-order valence-corrected chi connectivity index (χ3v) is 6.12. The van der Waals surface area contributed by atoms with E-state index in [1.165, 1.54) is 17.5 Å². The number of nitrogens with one attached hydrogen (secondary N) is 1. The standard InChI is InChI=1S/C25H31N3O3/c1-19-9-3-4-10-20(19)13-14-26-24(29)18-28-17-23(25(30)27-15-7-2-8-16-27)31-22-12-6-5-11-21(22)28/h3-6,9-12,23H,2,7-8,13-18H2,1H3,(H,26,29)/t23-/m1/s1. The average Bonchev–Trinajstić information content (AvgIpc) is 2.80. The number of hydrogen-bond donors (Lipinski definition) is 1. The van der Waals surface area contributed by atoms with Crippen molar-refractivity contribution in [2.75, 3.05) is 37.6 Å². The minimum absolute atomic E-state index is 0.0270. The van der Waals surface area contributed by atoms with Gasteiger partial charge in [-0.05, 0) is 55.9 Å². The molecule has 164 valence electrons. The van der Waals surface area contributed by atoms with Gasteiger partial charge in [0, 0.05) is 19.6 Å². The van der Waals surface area contributed by atoms with Crippen LogP contribution in [0.3, 0.4) is 0 Å². The SMILES string of the molecule is Cc1ccccc1CCNC(=O)CN1C[C@H](C(=O)N2CCCCC2)Oc2ccccc21. The Bertz CT molecular complexity index is 924. The number of hydrogen-bond acceptors (Lipinski definition) is 4. The van der Waals surface area contributed by atoms with Gasteiger partial charge in [0.2, 0.25) is 5.91 Å². The van der Waals surface area contributed by atoms with Crippen LogP contribution in [0, 0.1) is 6.92 Å². The smallest absolute Gasteiger partial charge is 0.265 e. The highest BCUT2D eigenvalue weighted by Gasteiger charge is 2.34. The Morgan fingerprint density at radius 1 is 1.03 bits per heavy atom. The molecule has 1 atom stereocenters. The highest BCUT2D eigenvalue weighted by Crippen LogP contribution is 2.33. The summed E-state index contributed by atoms with van der Waals surface area (Å²) in [7, 11) is 0. The van der Waals surface area contributed by atoms with E-state index in [1.54, 1.807) is 0 Å². The number of benzene rings is 2. The van der Waals surface area contributed by atoms with Crippen LogP contribution in [0.2, 0.25) is 0 Å². The van der Waals surface area contributed by atoms with E-state index >= 15 is 0 Å². The lowest BCUT2D eigenvalue weighted by Crippen LogP contribution is -2.53. The highest BCUT2D eigenvalue weighted by atomic mass is 16.5. The minimum Gasteiger partial charge on any atom is -0.477 e. The van der Waals surface area contributed by atoms with Gasteiger partial charge in [-0.2, -0.15) is 0 Å². The van der Waals surface area contributed by atoms with Crippen LogP contribution in [0.4, 0.5) is 5.69 Å². The maximum atomic E-state index is 13.0. The number of ether oxygens (including phenoxy) is 1. The van der Waals surface area contributed by atoms with Gasteiger partial charge in [-0.3, -0.25) is 9.59 Å². The number of amides is 2. The lowest BCUT2D eigenvalue weighted by Gasteiger charge is -2.38. The number of fused-ring (bicyclic) bond motifs is 1. The molecule has 0 bridgehead atoms. The van der Waals surface area contributed by atoms with E-state index in [0.29, 0.717) is 18.8 Å². The van der Waals surface area contributed by atoms with Crippen molar-refractivity contribution in [2.45, 2.75) is 38.7 Å². The van der Waals surface area contributed by atoms with Crippen LogP contribution in [0.5, 0.6) is 5.75 Å². The summed E-state index contributed by atoms with van der Waals surface area (Å²) in [6.07, 6.45) is 3.48. The molecule has 0 aliphatic carbocycles. The van der Waals surface area contributed by atoms with E-state index in [-0.39, 0.29) is 18.4 Å². The van der Waals surface area contributed by atoms with Crippen LogP contribution in [-0.2, 0) is 16.0 Å². The van der Waals surface area contributed by atoms with Gasteiger partial charge in [0.1, 0.15) is 5.75 Å². The predicted octanol–water partition coefficient (Wildman–Crippen LogP) is 2.93. The Hall–Kier alpha value is -3.02. The first-order valence-electron chi connectivity index (χ1n) is 11.2. The van der Waals surface area contributed by atoms with Crippen LogP contribution in [0.25, 0.3) is 0 Å². The summed E-state index contributed by atoms with van der Waals surface area (Å²) in [6, 6.07) is 15.9. The Morgan fingerprint density at radius 2 is 1.77 bits per heavy atom. The molecule has 2 aliphatic rings. The molecule has 1 fully saturated rings. The molecule has 6 heteroatoms. The van der Waals surface area contributed by atoms with E-state index in [0.717, 1.165) is 38.0 Å². The number of piperidine rings is 1. The van der Waals surface area contributed by atoms with Crippen LogP contribution in [-0.4, -0.2) is 55.5 Å². The summed E-state index contributed by atoms with van der Waals surface area (Å²) in [6.45, 7) is 4.85. The third kappa shape index (κ3) is 5.19. The van der Waals surface area contributed by atoms with E-state index in [4.69, 9.17) is 4.74 Å². The average molecular weight is 422 g/mol. The maximum Gasteiger partial charge on any atom is 0.265 e. The van der Waals surface area contributed by atoms with E-state index in [2.05, 4.69) is 24.4 Å². The highest BCUT2D eigenvalue weighted by molar-refractivity contribution is 5.86. The second-order valence-corrected chi connectivity index (χ2v) is 8.37. The first kappa shape index (κ1) is 21.2. The normalized spacial score (nSPS) is 18.2. The van der Waals surface area contributed by atoms with Crippen molar-refractivity contribution in [1.29, 1.82) is 0 Å². The van der Waals surface area contributed by atoms with E-state index in [9.17, 15) is 9.59 Å². The quantitative estimate of drug-likeness (QED) is 0.779. The number of aryl methyl sites for hydroxylation is 1. The number of likely N-dealkylation sites (tertiary alicyclic amines) is 1. The number of carbonyl (C=O) groups excluding carboxylic acids is 2. The van der Waals surface area contributed by atoms with Gasteiger partial charge < -0.3 is 19.9 Å². The molecule has 0 radical (unpaired) electrons. The first-order valence-corrected chi connectivity index (χ1v) is 11.2. The largest absolute Gasteiger partial charge is 0.477 e. The molecule has 2 amide bonds. The molecule has 0 unspecified atom stereocenters. The zero-order valence-electron chi connectivity index (χ0n) is 18.2. The molecular formula is C25H31N3O3. The first-order chi connectivity index (χ1) is 15.1. The second kappa shape index (κ2) is 9.86. The molecular weight excluding hydrogens is 390 g/mol. The molecule has 2 aliphatic heterocycles. The lowest BCUT2D eigenvalue weighted by molar-refractivity contribution is -0.139. The fourth-order valence-electron chi connectivity index (χ4n) is 4.36. The van der Waals surface area contributed by atoms with Gasteiger partial charge in [0.25, 0.3) is 5.91 Å². The molecule has 1 N–H and O–H groups in total. The fraction of sp³-hybridized carbons (Fsp3) is 0.440. The fourth-order valence-corrected chi connectivity index (χ4v) is 4.36. The molecule has 0 aromatic heterocycles. The van der Waals surface area contributed by atoms with Crippen molar-refractivity contribution in [1.82, 2.24) is 10.2 Å². The zero-order valence-corrected chi connectivity index (χ0v) is 18.2. The van der Waals surface area contributed by atoms with Crippen LogP contribution < -0.4 is 15.0 Å². The Labute approximate surface area is 184 Å². The van der Waals surface area contributed by atoms with Gasteiger partial charge in [-0.1, -0.05) is 36.4 Å². The Morgan fingerprint density at radius 3 is 2.58 bits per heavy atom. The molecule has 2 aromatic carbocycles. The van der Waals surface area contributed by atoms with Crippen molar-refractivity contribution in [3.05, 3.63) is 59.7 Å². The molecule has 31 heavy (non-hydrogen) atoms. The van der Waals surface area contributed by atoms with Crippen molar-refractivity contribution in [2.24, 2.45) is 0 Å². The number of anilines is 1. The van der Waals surface area contributed by atoms with Gasteiger partial charge in [0.05, 0.1) is 18.8 Å². The zero-order chi connectivity index (χ0) is 21.6. The van der Waals surface area contributed by atoms with Gasteiger partial charge in [-0.25, -0.2) is 0 Å². The molecule has 2 heterocycles. The van der Waals surface area contributed by atoms with Crippen LogP contribution >= 0.6 is 0 Å². The Kier molecular flexibility index (Phi) is 6.75. The topological polar surface area (TPSA) is 61.9 Å². The van der Waals surface area contributed by atoms with Gasteiger partial charge >= 0.3 is 0 Å². The maximum absolute atomic E-state index is 13.0. The molecule has 0 saturated carbocycles. The minimum atomic E-state index is -0.576. The number of nitrogens with zero attached hydrogens (tertiary/aromatic N) is 2. The van der Waals surface area contributed by atoms with E-state index < -0.39 is 6.10 Å². The summed E-state index contributed by atoms with van der Waals surface area (Å²) in [4.78, 5) is 29.6. The molecule has 4 rings (SSSR count).